The Labute approximate surface area is 191 Å². The highest BCUT2D eigenvalue weighted by Crippen LogP contribution is 2.27. The summed E-state index contributed by atoms with van der Waals surface area (Å²) in [5.74, 6) is -0.244. The third-order valence-corrected chi connectivity index (χ3v) is 8.44. The molecular formula is C25H32N2O4S. The number of benzene rings is 2. The van der Waals surface area contributed by atoms with Crippen molar-refractivity contribution in [3.63, 3.8) is 0 Å². The van der Waals surface area contributed by atoms with Crippen molar-refractivity contribution in [2.45, 2.75) is 56.9 Å². The Hall–Kier alpha value is -2.22. The second-order valence-electron chi connectivity index (χ2n) is 8.66. The number of rotatable bonds is 6. The summed E-state index contributed by atoms with van der Waals surface area (Å²) in [6.45, 7) is 5.31. The molecule has 0 radical (unpaired) electrons. The smallest absolute Gasteiger partial charge is 0.252 e. The molecule has 172 valence electrons. The second kappa shape index (κ2) is 9.73. The van der Waals surface area contributed by atoms with Gasteiger partial charge in [-0.2, -0.15) is 4.31 Å². The standard InChI is InChI=1S/C25H32N2O4S/c1-3-24(21-10-9-19-6-4-5-7-20(19)16-21)26-25(28)23-17-22(11-8-18(23)2)32(29,30)27-12-14-31-15-13-27/h8-11,16-17,24H,3-7,12-15H2,1-2H3,(H,26,28). The van der Waals surface area contributed by atoms with Gasteiger partial charge in [-0.25, -0.2) is 8.42 Å². The molecule has 0 aromatic heterocycles. The quantitative estimate of drug-likeness (QED) is 0.718. The number of nitrogens with one attached hydrogen (secondary N) is 1. The molecule has 6 nitrogen and oxygen atoms in total. The lowest BCUT2D eigenvalue weighted by Crippen LogP contribution is -2.40. The number of amides is 1. The number of sulfonamides is 1. The maximum absolute atomic E-state index is 13.2. The van der Waals surface area contributed by atoms with E-state index in [-0.39, 0.29) is 16.8 Å². The largest absolute Gasteiger partial charge is 0.379 e. The normalized spacial score (nSPS) is 18.1. The molecule has 1 N–H and O–H groups in total. The number of fused-ring (bicyclic) bond motifs is 1. The van der Waals surface area contributed by atoms with Crippen molar-refractivity contribution >= 4 is 15.9 Å². The van der Waals surface area contributed by atoms with Crippen LogP contribution in [0.2, 0.25) is 0 Å². The number of morpholine rings is 1. The van der Waals surface area contributed by atoms with Crippen LogP contribution in [0.1, 0.15) is 64.8 Å². The summed E-state index contributed by atoms with van der Waals surface area (Å²) < 4.78 is 32.8. The Balaban J connectivity index is 1.56. The highest BCUT2D eigenvalue weighted by molar-refractivity contribution is 7.89. The zero-order valence-electron chi connectivity index (χ0n) is 18.9. The Kier molecular flexibility index (Phi) is 6.98. The number of hydrogen-bond donors (Lipinski definition) is 1. The summed E-state index contributed by atoms with van der Waals surface area (Å²) in [5, 5.41) is 3.14. The van der Waals surface area contributed by atoms with Crippen LogP contribution in [0.5, 0.6) is 0 Å². The fourth-order valence-electron chi connectivity index (χ4n) is 4.57. The summed E-state index contributed by atoms with van der Waals surface area (Å²) >= 11 is 0. The summed E-state index contributed by atoms with van der Waals surface area (Å²) in [6.07, 6.45) is 5.43. The van der Waals surface area contributed by atoms with Gasteiger partial charge in [-0.05, 0) is 73.4 Å². The van der Waals surface area contributed by atoms with E-state index in [1.54, 1.807) is 12.1 Å². The molecule has 2 aliphatic rings. The van der Waals surface area contributed by atoms with Gasteiger partial charge in [-0.3, -0.25) is 4.79 Å². The monoisotopic (exact) mass is 456 g/mol. The summed E-state index contributed by atoms with van der Waals surface area (Å²) in [4.78, 5) is 13.4. The Morgan fingerprint density at radius 2 is 1.78 bits per heavy atom. The molecule has 1 unspecified atom stereocenters. The predicted octanol–water partition coefficient (Wildman–Crippen LogP) is 3.78. The van der Waals surface area contributed by atoms with Crippen LogP contribution in [0.3, 0.4) is 0 Å². The number of ether oxygens (including phenoxy) is 1. The SMILES string of the molecule is CCC(NC(=O)c1cc(S(=O)(=O)N2CCOCC2)ccc1C)c1ccc2c(c1)CCCC2. The molecule has 1 fully saturated rings. The molecule has 32 heavy (non-hydrogen) atoms. The van der Waals surface area contributed by atoms with Crippen molar-refractivity contribution in [1.82, 2.24) is 9.62 Å². The molecule has 0 saturated carbocycles. The van der Waals surface area contributed by atoms with Crippen molar-refractivity contribution in [3.8, 4) is 0 Å². The van der Waals surface area contributed by atoms with E-state index in [2.05, 4.69) is 30.4 Å². The van der Waals surface area contributed by atoms with Crippen LogP contribution < -0.4 is 5.32 Å². The van der Waals surface area contributed by atoms with Crippen LogP contribution in [0.25, 0.3) is 0 Å². The first-order valence-electron chi connectivity index (χ1n) is 11.5. The van der Waals surface area contributed by atoms with E-state index in [1.165, 1.54) is 34.3 Å². The molecule has 1 aliphatic carbocycles. The molecule has 0 bridgehead atoms. The second-order valence-corrected chi connectivity index (χ2v) is 10.6. The third-order valence-electron chi connectivity index (χ3n) is 6.55. The first-order valence-corrected chi connectivity index (χ1v) is 12.9. The molecular weight excluding hydrogens is 424 g/mol. The van der Waals surface area contributed by atoms with Gasteiger partial charge in [0.15, 0.2) is 0 Å². The molecule has 1 saturated heterocycles. The Bertz CT molecular complexity index is 1090. The van der Waals surface area contributed by atoms with E-state index in [9.17, 15) is 13.2 Å². The topological polar surface area (TPSA) is 75.7 Å². The van der Waals surface area contributed by atoms with E-state index in [4.69, 9.17) is 4.74 Å². The lowest BCUT2D eigenvalue weighted by atomic mass is 9.88. The molecule has 1 atom stereocenters. The van der Waals surface area contributed by atoms with Gasteiger partial charge in [0, 0.05) is 18.7 Å². The summed E-state index contributed by atoms with van der Waals surface area (Å²) in [6, 6.07) is 11.2. The van der Waals surface area contributed by atoms with E-state index in [1.807, 2.05) is 6.92 Å². The van der Waals surface area contributed by atoms with Crippen molar-refractivity contribution in [3.05, 3.63) is 64.2 Å². The van der Waals surface area contributed by atoms with Crippen LogP contribution in [0.4, 0.5) is 0 Å². The van der Waals surface area contributed by atoms with Gasteiger partial charge in [-0.15, -0.1) is 0 Å². The minimum atomic E-state index is -3.66. The minimum Gasteiger partial charge on any atom is -0.379 e. The molecule has 7 heteroatoms. The van der Waals surface area contributed by atoms with E-state index in [0.717, 1.165) is 30.4 Å². The van der Waals surface area contributed by atoms with Crippen molar-refractivity contribution < 1.29 is 17.9 Å². The van der Waals surface area contributed by atoms with Crippen molar-refractivity contribution in [1.29, 1.82) is 0 Å². The van der Waals surface area contributed by atoms with Gasteiger partial charge >= 0.3 is 0 Å². The number of carbonyl (C=O) groups excluding carboxylic acids is 1. The number of hydrogen-bond acceptors (Lipinski definition) is 4. The molecule has 1 heterocycles. The molecule has 4 rings (SSSR count). The average molecular weight is 457 g/mol. The highest BCUT2D eigenvalue weighted by atomic mass is 32.2. The number of aryl methyl sites for hydroxylation is 3. The van der Waals surface area contributed by atoms with Gasteiger partial charge in [0.1, 0.15) is 0 Å². The molecule has 0 spiro atoms. The summed E-state index contributed by atoms with van der Waals surface area (Å²) in [5.41, 5.74) is 5.06. The van der Waals surface area contributed by atoms with Crippen LogP contribution in [0.15, 0.2) is 41.3 Å². The van der Waals surface area contributed by atoms with Gasteiger partial charge in [-0.1, -0.05) is 31.2 Å². The fourth-order valence-corrected chi connectivity index (χ4v) is 6.00. The van der Waals surface area contributed by atoms with Crippen molar-refractivity contribution in [2.24, 2.45) is 0 Å². The Morgan fingerprint density at radius 1 is 1.06 bits per heavy atom. The molecule has 1 aliphatic heterocycles. The van der Waals surface area contributed by atoms with E-state index in [0.29, 0.717) is 31.9 Å². The van der Waals surface area contributed by atoms with Crippen molar-refractivity contribution in [2.75, 3.05) is 26.3 Å². The molecule has 2 aromatic rings. The Morgan fingerprint density at radius 3 is 2.50 bits per heavy atom. The van der Waals surface area contributed by atoms with Crippen LogP contribution >= 0.6 is 0 Å². The van der Waals surface area contributed by atoms with Gasteiger partial charge < -0.3 is 10.1 Å². The first kappa shape index (κ1) is 23.0. The van der Waals surface area contributed by atoms with Gasteiger partial charge in [0.25, 0.3) is 5.91 Å². The average Bonchev–Trinajstić information content (AvgIpc) is 2.82. The van der Waals surface area contributed by atoms with Crippen LogP contribution in [0, 0.1) is 6.92 Å². The maximum atomic E-state index is 13.2. The van der Waals surface area contributed by atoms with Crippen LogP contribution in [-0.2, 0) is 27.6 Å². The fraction of sp³-hybridized carbons (Fsp3) is 0.480. The highest BCUT2D eigenvalue weighted by Gasteiger charge is 2.28. The lowest BCUT2D eigenvalue weighted by Gasteiger charge is -2.26. The lowest BCUT2D eigenvalue weighted by molar-refractivity contribution is 0.0730. The van der Waals surface area contributed by atoms with Gasteiger partial charge in [0.05, 0.1) is 24.2 Å². The summed E-state index contributed by atoms with van der Waals surface area (Å²) in [7, 11) is -3.66. The zero-order chi connectivity index (χ0) is 22.7. The van der Waals surface area contributed by atoms with Crippen LogP contribution in [-0.4, -0.2) is 44.9 Å². The zero-order valence-corrected chi connectivity index (χ0v) is 19.7. The maximum Gasteiger partial charge on any atom is 0.252 e. The number of nitrogens with zero attached hydrogens (tertiary/aromatic N) is 1. The number of carbonyl (C=O) groups is 1. The van der Waals surface area contributed by atoms with Gasteiger partial charge in [0.2, 0.25) is 10.0 Å². The molecule has 1 amide bonds. The third kappa shape index (κ3) is 4.75. The molecule has 2 aromatic carbocycles. The minimum absolute atomic E-state index is 0.117. The predicted molar refractivity (Wildman–Crippen MR) is 124 cm³/mol. The van der Waals surface area contributed by atoms with E-state index < -0.39 is 10.0 Å². The van der Waals surface area contributed by atoms with E-state index >= 15 is 0 Å². The first-order chi connectivity index (χ1) is 15.4.